The minimum absolute atomic E-state index is 0.320. The molecule has 0 bridgehead atoms. The molecule has 0 aliphatic heterocycles. The Labute approximate surface area is 73.2 Å². The second kappa shape index (κ2) is 3.08. The molecule has 4 heteroatoms. The zero-order valence-electron chi connectivity index (χ0n) is 6.23. The van der Waals surface area contributed by atoms with Gasteiger partial charge in [-0.3, -0.25) is 0 Å². The minimum atomic E-state index is -0.320. The fourth-order valence-corrected chi connectivity index (χ4v) is 1.78. The van der Waals surface area contributed by atoms with Gasteiger partial charge in [0, 0.05) is 0 Å². The monoisotopic (exact) mass is 181 g/mol. The van der Waals surface area contributed by atoms with Gasteiger partial charge in [0.25, 0.3) is 5.19 Å². The fourth-order valence-electron chi connectivity index (χ4n) is 0.968. The third-order valence-corrected chi connectivity index (χ3v) is 2.41. The second-order valence-electron chi connectivity index (χ2n) is 2.22. The van der Waals surface area contributed by atoms with E-state index in [-0.39, 0.29) is 6.79 Å². The van der Waals surface area contributed by atoms with Gasteiger partial charge in [0.2, 0.25) is 0 Å². The molecule has 0 saturated heterocycles. The van der Waals surface area contributed by atoms with Crippen LogP contribution in [-0.2, 0) is 0 Å². The van der Waals surface area contributed by atoms with Gasteiger partial charge >= 0.3 is 0 Å². The predicted molar refractivity (Wildman–Crippen MR) is 47.3 cm³/mol. The van der Waals surface area contributed by atoms with Crippen LogP contribution in [-0.4, -0.2) is 16.9 Å². The lowest BCUT2D eigenvalue weighted by Gasteiger charge is -1.91. The van der Waals surface area contributed by atoms with Crippen molar-refractivity contribution in [1.29, 1.82) is 0 Å². The normalized spacial score (nSPS) is 10.4. The SMILES string of the molecule is OCOc1nc2ccccc2s1. The number of fused-ring (bicyclic) bond motifs is 1. The third kappa shape index (κ3) is 1.26. The van der Waals surface area contributed by atoms with Crippen molar-refractivity contribution in [1.82, 2.24) is 4.98 Å². The van der Waals surface area contributed by atoms with Crippen LogP contribution < -0.4 is 4.74 Å². The Morgan fingerprint density at radius 3 is 3.00 bits per heavy atom. The molecule has 12 heavy (non-hydrogen) atoms. The van der Waals surface area contributed by atoms with Crippen LogP contribution in [0.3, 0.4) is 0 Å². The number of benzene rings is 1. The summed E-state index contributed by atoms with van der Waals surface area (Å²) in [5.41, 5.74) is 0.908. The van der Waals surface area contributed by atoms with Crippen LogP contribution in [0.4, 0.5) is 0 Å². The zero-order valence-corrected chi connectivity index (χ0v) is 7.04. The van der Waals surface area contributed by atoms with E-state index in [2.05, 4.69) is 4.98 Å². The highest BCUT2D eigenvalue weighted by atomic mass is 32.1. The molecule has 0 unspecified atom stereocenters. The largest absolute Gasteiger partial charge is 0.443 e. The predicted octanol–water partition coefficient (Wildman–Crippen LogP) is 1.62. The number of hydrogen-bond acceptors (Lipinski definition) is 4. The van der Waals surface area contributed by atoms with Crippen LogP contribution in [0, 0.1) is 0 Å². The van der Waals surface area contributed by atoms with Gasteiger partial charge in [0.1, 0.15) is 0 Å². The van der Waals surface area contributed by atoms with Crippen molar-refractivity contribution in [2.45, 2.75) is 0 Å². The summed E-state index contributed by atoms with van der Waals surface area (Å²) in [6.45, 7) is -0.320. The van der Waals surface area contributed by atoms with Crippen LogP contribution in [0.2, 0.25) is 0 Å². The molecule has 0 saturated carbocycles. The summed E-state index contributed by atoms with van der Waals surface area (Å²) in [6.07, 6.45) is 0. The van der Waals surface area contributed by atoms with E-state index in [0.29, 0.717) is 5.19 Å². The highest BCUT2D eigenvalue weighted by Gasteiger charge is 2.01. The highest BCUT2D eigenvalue weighted by Crippen LogP contribution is 2.26. The van der Waals surface area contributed by atoms with Crippen molar-refractivity contribution in [3.8, 4) is 5.19 Å². The number of para-hydroxylation sites is 1. The maximum absolute atomic E-state index is 8.49. The van der Waals surface area contributed by atoms with Crippen molar-refractivity contribution >= 4 is 21.6 Å². The molecule has 62 valence electrons. The number of aliphatic hydroxyl groups excluding tert-OH is 1. The van der Waals surface area contributed by atoms with Gasteiger partial charge in [-0.2, -0.15) is 0 Å². The van der Waals surface area contributed by atoms with E-state index in [4.69, 9.17) is 9.84 Å². The molecule has 0 aliphatic carbocycles. The van der Waals surface area contributed by atoms with Gasteiger partial charge in [-0.05, 0) is 12.1 Å². The number of thiazole rings is 1. The van der Waals surface area contributed by atoms with Crippen molar-refractivity contribution < 1.29 is 9.84 Å². The first-order chi connectivity index (χ1) is 5.90. The molecular weight excluding hydrogens is 174 g/mol. The van der Waals surface area contributed by atoms with Crippen LogP contribution in [0.1, 0.15) is 0 Å². The van der Waals surface area contributed by atoms with Crippen LogP contribution in [0.5, 0.6) is 5.19 Å². The Morgan fingerprint density at radius 1 is 1.42 bits per heavy atom. The van der Waals surface area contributed by atoms with Gasteiger partial charge in [0.05, 0.1) is 10.2 Å². The molecule has 2 aromatic rings. The number of aliphatic hydroxyl groups is 1. The Kier molecular flexibility index (Phi) is 1.93. The van der Waals surface area contributed by atoms with Crippen LogP contribution in [0.15, 0.2) is 24.3 Å². The number of aromatic nitrogens is 1. The molecule has 3 nitrogen and oxygen atoms in total. The van der Waals surface area contributed by atoms with E-state index in [1.54, 1.807) is 0 Å². The summed E-state index contributed by atoms with van der Waals surface area (Å²) in [7, 11) is 0. The van der Waals surface area contributed by atoms with Crippen LogP contribution in [0.25, 0.3) is 10.2 Å². The smallest absolute Gasteiger partial charge is 0.276 e. The Morgan fingerprint density at radius 2 is 2.25 bits per heavy atom. The molecule has 1 N–H and O–H groups in total. The third-order valence-electron chi connectivity index (χ3n) is 1.46. The lowest BCUT2D eigenvalue weighted by atomic mass is 10.3. The lowest BCUT2D eigenvalue weighted by molar-refractivity contribution is 0.0984. The minimum Gasteiger partial charge on any atom is -0.443 e. The molecule has 1 aromatic heterocycles. The Bertz CT molecular complexity index is 352. The average Bonchev–Trinajstić information content (AvgIpc) is 2.47. The summed E-state index contributed by atoms with van der Waals surface area (Å²) >= 11 is 1.43. The molecule has 1 aromatic carbocycles. The summed E-state index contributed by atoms with van der Waals surface area (Å²) in [5.74, 6) is 0. The molecule has 0 radical (unpaired) electrons. The topological polar surface area (TPSA) is 42.4 Å². The molecule has 1 heterocycles. The molecule has 0 amide bonds. The molecule has 0 fully saturated rings. The molecular formula is C8H7NO2S. The van der Waals surface area contributed by atoms with E-state index in [1.807, 2.05) is 24.3 Å². The lowest BCUT2D eigenvalue weighted by Crippen LogP contribution is -1.92. The Balaban J connectivity index is 2.47. The first kappa shape index (κ1) is 7.52. The zero-order chi connectivity index (χ0) is 8.39. The van der Waals surface area contributed by atoms with E-state index in [9.17, 15) is 0 Å². The maximum atomic E-state index is 8.49. The number of ether oxygens (including phenoxy) is 1. The molecule has 0 atom stereocenters. The van der Waals surface area contributed by atoms with Gasteiger partial charge in [-0.25, -0.2) is 4.98 Å². The standard InChI is InChI=1S/C8H7NO2S/c10-5-11-8-9-6-3-1-2-4-7(6)12-8/h1-4,10H,5H2. The highest BCUT2D eigenvalue weighted by molar-refractivity contribution is 7.20. The molecule has 2 rings (SSSR count). The number of nitrogens with zero attached hydrogens (tertiary/aromatic N) is 1. The number of rotatable bonds is 2. The molecule has 0 aliphatic rings. The summed E-state index contributed by atoms with van der Waals surface area (Å²) in [4.78, 5) is 4.14. The van der Waals surface area contributed by atoms with Crippen LogP contribution >= 0.6 is 11.3 Å². The van der Waals surface area contributed by atoms with Crippen molar-refractivity contribution in [2.75, 3.05) is 6.79 Å². The van der Waals surface area contributed by atoms with E-state index >= 15 is 0 Å². The molecule has 0 spiro atoms. The van der Waals surface area contributed by atoms with Crippen molar-refractivity contribution in [2.24, 2.45) is 0 Å². The van der Waals surface area contributed by atoms with E-state index < -0.39 is 0 Å². The first-order valence-electron chi connectivity index (χ1n) is 3.49. The van der Waals surface area contributed by atoms with Crippen molar-refractivity contribution in [3.63, 3.8) is 0 Å². The van der Waals surface area contributed by atoms with E-state index in [1.165, 1.54) is 11.3 Å². The van der Waals surface area contributed by atoms with Gasteiger partial charge in [-0.15, -0.1) is 0 Å². The summed E-state index contributed by atoms with van der Waals surface area (Å²) < 4.78 is 5.92. The van der Waals surface area contributed by atoms with Crippen molar-refractivity contribution in [3.05, 3.63) is 24.3 Å². The van der Waals surface area contributed by atoms with Gasteiger partial charge in [0.15, 0.2) is 6.79 Å². The summed E-state index contributed by atoms with van der Waals surface area (Å²) in [6, 6.07) is 7.75. The summed E-state index contributed by atoms with van der Waals surface area (Å²) in [5, 5.41) is 9.00. The quantitative estimate of drug-likeness (QED) is 0.716. The maximum Gasteiger partial charge on any atom is 0.276 e. The fraction of sp³-hybridized carbons (Fsp3) is 0.125. The number of hydrogen-bond donors (Lipinski definition) is 1. The van der Waals surface area contributed by atoms with Gasteiger partial charge in [-0.1, -0.05) is 23.5 Å². The average molecular weight is 181 g/mol. The van der Waals surface area contributed by atoms with E-state index in [0.717, 1.165) is 10.2 Å². The van der Waals surface area contributed by atoms with Gasteiger partial charge < -0.3 is 9.84 Å². The Hall–Kier alpha value is -1.13. The second-order valence-corrected chi connectivity index (χ2v) is 3.21. The first-order valence-corrected chi connectivity index (χ1v) is 4.31.